The number of thioether (sulfide) groups is 1. The predicted octanol–water partition coefficient (Wildman–Crippen LogP) is 4.08. The minimum absolute atomic E-state index is 0.0920. The Hall–Kier alpha value is -2.60. The van der Waals surface area contributed by atoms with E-state index in [9.17, 15) is 4.79 Å². The van der Waals surface area contributed by atoms with E-state index < -0.39 is 0 Å². The third-order valence-electron chi connectivity index (χ3n) is 4.20. The van der Waals surface area contributed by atoms with Crippen molar-refractivity contribution in [2.45, 2.75) is 19.0 Å². The highest BCUT2D eigenvalue weighted by Gasteiger charge is 2.17. The lowest BCUT2D eigenvalue weighted by Gasteiger charge is -2.08. The summed E-state index contributed by atoms with van der Waals surface area (Å²) in [4.78, 5) is 12.5. The summed E-state index contributed by atoms with van der Waals surface area (Å²) < 4.78 is 7.29. The standard InChI is InChI=1S/C20H21N3O2S/c1-13-9-10-15(14(2)11-13)17(24)12-26-20-22-21-19(23(20)3)16-7-5-6-8-18(16)25-4/h5-11H,12H2,1-4H3. The van der Waals surface area contributed by atoms with Crippen molar-refractivity contribution >= 4 is 17.5 Å². The van der Waals surface area contributed by atoms with Crippen LogP contribution in [0.15, 0.2) is 47.6 Å². The molecule has 1 heterocycles. The Morgan fingerprint density at radius 3 is 2.65 bits per heavy atom. The molecule has 2 aromatic carbocycles. The van der Waals surface area contributed by atoms with Gasteiger partial charge in [-0.1, -0.05) is 47.7 Å². The van der Waals surface area contributed by atoms with E-state index in [0.29, 0.717) is 16.7 Å². The van der Waals surface area contributed by atoms with E-state index in [2.05, 4.69) is 10.2 Å². The summed E-state index contributed by atoms with van der Waals surface area (Å²) in [6.07, 6.45) is 0. The fourth-order valence-corrected chi connectivity index (χ4v) is 3.63. The van der Waals surface area contributed by atoms with E-state index in [-0.39, 0.29) is 5.78 Å². The number of carbonyl (C=O) groups is 1. The van der Waals surface area contributed by atoms with Crippen molar-refractivity contribution in [2.75, 3.05) is 12.9 Å². The van der Waals surface area contributed by atoms with Gasteiger partial charge in [0.2, 0.25) is 0 Å². The first-order valence-corrected chi connectivity index (χ1v) is 9.26. The Morgan fingerprint density at radius 2 is 1.92 bits per heavy atom. The summed E-state index contributed by atoms with van der Waals surface area (Å²) >= 11 is 1.39. The number of aryl methyl sites for hydroxylation is 2. The lowest BCUT2D eigenvalue weighted by atomic mass is 10.0. The molecule has 0 bridgehead atoms. The van der Waals surface area contributed by atoms with E-state index in [0.717, 1.165) is 28.0 Å². The highest BCUT2D eigenvalue weighted by Crippen LogP contribution is 2.30. The Bertz CT molecular complexity index is 950. The number of ether oxygens (including phenoxy) is 1. The maximum atomic E-state index is 12.5. The van der Waals surface area contributed by atoms with Crippen LogP contribution in [0.25, 0.3) is 11.4 Å². The van der Waals surface area contributed by atoms with Gasteiger partial charge in [-0.05, 0) is 31.5 Å². The van der Waals surface area contributed by atoms with Gasteiger partial charge in [-0.25, -0.2) is 0 Å². The molecule has 0 N–H and O–H groups in total. The lowest BCUT2D eigenvalue weighted by molar-refractivity contribution is 0.102. The monoisotopic (exact) mass is 367 g/mol. The lowest BCUT2D eigenvalue weighted by Crippen LogP contribution is -2.06. The molecule has 0 amide bonds. The summed E-state index contributed by atoms with van der Waals surface area (Å²) in [5.41, 5.74) is 3.79. The number of nitrogens with zero attached hydrogens (tertiary/aromatic N) is 3. The zero-order valence-electron chi connectivity index (χ0n) is 15.3. The van der Waals surface area contributed by atoms with Crippen molar-refractivity contribution in [3.63, 3.8) is 0 Å². The Labute approximate surface area is 157 Å². The van der Waals surface area contributed by atoms with Gasteiger partial charge >= 0.3 is 0 Å². The van der Waals surface area contributed by atoms with E-state index in [1.807, 2.05) is 67.9 Å². The Balaban J connectivity index is 1.78. The molecule has 0 fully saturated rings. The van der Waals surface area contributed by atoms with Crippen LogP contribution in [0.1, 0.15) is 21.5 Å². The fraction of sp³-hybridized carbons (Fsp3) is 0.250. The van der Waals surface area contributed by atoms with Gasteiger partial charge in [0, 0.05) is 12.6 Å². The van der Waals surface area contributed by atoms with Crippen molar-refractivity contribution in [1.29, 1.82) is 0 Å². The molecule has 0 radical (unpaired) electrons. The minimum atomic E-state index is 0.0920. The maximum absolute atomic E-state index is 12.5. The first-order chi connectivity index (χ1) is 12.5. The maximum Gasteiger partial charge on any atom is 0.191 e. The first-order valence-electron chi connectivity index (χ1n) is 8.27. The highest BCUT2D eigenvalue weighted by molar-refractivity contribution is 7.99. The second-order valence-electron chi connectivity index (χ2n) is 6.10. The number of aromatic nitrogens is 3. The predicted molar refractivity (Wildman–Crippen MR) is 104 cm³/mol. The molecule has 5 nitrogen and oxygen atoms in total. The van der Waals surface area contributed by atoms with Gasteiger partial charge in [-0.3, -0.25) is 4.79 Å². The zero-order valence-corrected chi connectivity index (χ0v) is 16.1. The largest absolute Gasteiger partial charge is 0.496 e. The third-order valence-corrected chi connectivity index (χ3v) is 5.22. The highest BCUT2D eigenvalue weighted by atomic mass is 32.2. The van der Waals surface area contributed by atoms with Gasteiger partial charge in [-0.15, -0.1) is 10.2 Å². The molecule has 0 saturated carbocycles. The van der Waals surface area contributed by atoms with Gasteiger partial charge in [0.15, 0.2) is 16.8 Å². The fourth-order valence-electron chi connectivity index (χ4n) is 2.84. The topological polar surface area (TPSA) is 57.0 Å². The summed E-state index contributed by atoms with van der Waals surface area (Å²) in [7, 11) is 3.53. The van der Waals surface area contributed by atoms with Crippen molar-refractivity contribution < 1.29 is 9.53 Å². The average molecular weight is 367 g/mol. The van der Waals surface area contributed by atoms with Crippen LogP contribution in [0.3, 0.4) is 0 Å². The summed E-state index contributed by atoms with van der Waals surface area (Å²) in [5.74, 6) is 1.87. The number of benzene rings is 2. The molecule has 0 atom stereocenters. The van der Waals surface area contributed by atoms with Crippen LogP contribution >= 0.6 is 11.8 Å². The first kappa shape index (κ1) is 18.2. The molecular formula is C20H21N3O2S. The second kappa shape index (κ2) is 7.74. The molecule has 0 spiro atoms. The van der Waals surface area contributed by atoms with Gasteiger partial charge in [0.25, 0.3) is 0 Å². The molecule has 0 unspecified atom stereocenters. The van der Waals surface area contributed by atoms with Crippen LogP contribution < -0.4 is 4.74 Å². The number of carbonyl (C=O) groups excluding carboxylic acids is 1. The quantitative estimate of drug-likeness (QED) is 0.485. The number of Topliss-reactive ketones (excluding diaryl/α,β-unsaturated/α-hetero) is 1. The molecule has 0 saturated heterocycles. The molecule has 134 valence electrons. The summed E-state index contributed by atoms with van der Waals surface area (Å²) in [5, 5.41) is 9.21. The van der Waals surface area contributed by atoms with Crippen LogP contribution in [0.5, 0.6) is 5.75 Å². The molecular weight excluding hydrogens is 346 g/mol. The molecule has 26 heavy (non-hydrogen) atoms. The van der Waals surface area contributed by atoms with Crippen LogP contribution in [0.4, 0.5) is 0 Å². The molecule has 3 rings (SSSR count). The van der Waals surface area contributed by atoms with E-state index in [1.54, 1.807) is 7.11 Å². The van der Waals surface area contributed by atoms with Crippen molar-refractivity contribution in [3.8, 4) is 17.1 Å². The van der Waals surface area contributed by atoms with Crippen LogP contribution in [0.2, 0.25) is 0 Å². The zero-order chi connectivity index (χ0) is 18.7. The SMILES string of the molecule is COc1ccccc1-c1nnc(SCC(=O)c2ccc(C)cc2C)n1C. The Kier molecular flexibility index (Phi) is 5.42. The number of para-hydroxylation sites is 1. The van der Waals surface area contributed by atoms with Crippen molar-refractivity contribution in [2.24, 2.45) is 7.05 Å². The number of methoxy groups -OCH3 is 1. The van der Waals surface area contributed by atoms with E-state index in [1.165, 1.54) is 11.8 Å². The van der Waals surface area contributed by atoms with Crippen molar-refractivity contribution in [1.82, 2.24) is 14.8 Å². The van der Waals surface area contributed by atoms with Crippen molar-refractivity contribution in [3.05, 3.63) is 59.2 Å². The van der Waals surface area contributed by atoms with E-state index >= 15 is 0 Å². The smallest absolute Gasteiger partial charge is 0.191 e. The molecule has 0 aliphatic carbocycles. The number of ketones is 1. The molecule has 0 aliphatic heterocycles. The van der Waals surface area contributed by atoms with Gasteiger partial charge in [0.05, 0.1) is 18.4 Å². The number of hydrogen-bond acceptors (Lipinski definition) is 5. The van der Waals surface area contributed by atoms with Gasteiger partial charge in [-0.2, -0.15) is 0 Å². The summed E-state index contributed by atoms with van der Waals surface area (Å²) in [6.45, 7) is 3.99. The third kappa shape index (κ3) is 3.65. The number of hydrogen-bond donors (Lipinski definition) is 0. The molecule has 3 aromatic rings. The van der Waals surface area contributed by atoms with Crippen LogP contribution in [-0.4, -0.2) is 33.4 Å². The second-order valence-corrected chi connectivity index (χ2v) is 7.04. The van der Waals surface area contributed by atoms with Gasteiger partial charge < -0.3 is 9.30 Å². The van der Waals surface area contributed by atoms with Crippen LogP contribution in [-0.2, 0) is 7.05 Å². The molecule has 6 heteroatoms. The molecule has 0 aliphatic rings. The average Bonchev–Trinajstić information content (AvgIpc) is 3.00. The number of rotatable bonds is 6. The summed E-state index contributed by atoms with van der Waals surface area (Å²) in [6, 6.07) is 13.6. The minimum Gasteiger partial charge on any atom is -0.496 e. The van der Waals surface area contributed by atoms with E-state index in [4.69, 9.17) is 4.74 Å². The van der Waals surface area contributed by atoms with Gasteiger partial charge in [0.1, 0.15) is 5.75 Å². The Morgan fingerprint density at radius 1 is 1.15 bits per heavy atom. The normalized spacial score (nSPS) is 10.8. The molecule has 1 aromatic heterocycles. The van der Waals surface area contributed by atoms with Crippen LogP contribution in [0, 0.1) is 13.8 Å².